The third-order valence-electron chi connectivity index (χ3n) is 2.18. The Morgan fingerprint density at radius 3 is 2.41 bits per heavy atom. The number of hydrogen-bond acceptors (Lipinski definition) is 2. The minimum Gasteiger partial charge on any atom is -0.481 e. The van der Waals surface area contributed by atoms with Gasteiger partial charge in [-0.1, -0.05) is 25.4 Å². The molecule has 0 bridgehead atoms. The molecule has 1 atom stereocenters. The minimum absolute atomic E-state index is 0.103. The number of halogens is 1. The molecule has 1 aromatic carbocycles. The lowest BCUT2D eigenvalue weighted by Crippen LogP contribution is -2.38. The van der Waals surface area contributed by atoms with Crippen LogP contribution in [0.2, 0.25) is 5.02 Å². The van der Waals surface area contributed by atoms with Gasteiger partial charge in [0.05, 0.1) is 0 Å². The van der Waals surface area contributed by atoms with Gasteiger partial charge in [0.1, 0.15) is 5.75 Å². The summed E-state index contributed by atoms with van der Waals surface area (Å²) in [6.07, 6.45) is -0.505. The molecule has 0 radical (unpaired) electrons. The first-order valence-corrected chi connectivity index (χ1v) is 6.06. The smallest absolute Gasteiger partial charge is 0.260 e. The van der Waals surface area contributed by atoms with Crippen LogP contribution in [-0.2, 0) is 4.79 Å². The van der Waals surface area contributed by atoms with Crippen molar-refractivity contribution in [2.24, 2.45) is 5.92 Å². The van der Waals surface area contributed by atoms with E-state index in [0.29, 0.717) is 23.2 Å². The Morgan fingerprint density at radius 1 is 1.29 bits per heavy atom. The summed E-state index contributed by atoms with van der Waals surface area (Å²) in [6, 6.07) is 6.95. The summed E-state index contributed by atoms with van der Waals surface area (Å²) in [4.78, 5) is 11.7. The Bertz CT molecular complexity index is 362. The van der Waals surface area contributed by atoms with Crippen molar-refractivity contribution in [3.05, 3.63) is 29.3 Å². The number of hydrogen-bond donors (Lipinski definition) is 1. The van der Waals surface area contributed by atoms with Gasteiger partial charge in [0.15, 0.2) is 6.10 Å². The summed E-state index contributed by atoms with van der Waals surface area (Å²) in [5, 5.41) is 3.47. The predicted molar refractivity (Wildman–Crippen MR) is 69.4 cm³/mol. The highest BCUT2D eigenvalue weighted by molar-refractivity contribution is 6.30. The predicted octanol–water partition coefficient (Wildman–Crippen LogP) is 2.88. The lowest BCUT2D eigenvalue weighted by molar-refractivity contribution is -0.127. The molecule has 0 fully saturated rings. The van der Waals surface area contributed by atoms with E-state index in [4.69, 9.17) is 16.3 Å². The van der Waals surface area contributed by atoms with E-state index >= 15 is 0 Å². The van der Waals surface area contributed by atoms with Crippen LogP contribution < -0.4 is 10.1 Å². The maximum Gasteiger partial charge on any atom is 0.260 e. The molecular formula is C13H18ClNO2. The monoisotopic (exact) mass is 255 g/mol. The van der Waals surface area contributed by atoms with E-state index in [1.165, 1.54) is 0 Å². The SMILES string of the molecule is CC(C)CNC(=O)[C@H](C)Oc1ccc(Cl)cc1. The van der Waals surface area contributed by atoms with Gasteiger partial charge < -0.3 is 10.1 Å². The number of ether oxygens (including phenoxy) is 1. The second kappa shape index (κ2) is 6.50. The Kier molecular flexibility index (Phi) is 5.29. The zero-order chi connectivity index (χ0) is 12.8. The maximum absolute atomic E-state index is 11.7. The molecule has 0 aromatic heterocycles. The summed E-state index contributed by atoms with van der Waals surface area (Å²) >= 11 is 5.76. The van der Waals surface area contributed by atoms with Gasteiger partial charge in [0.25, 0.3) is 5.91 Å². The van der Waals surface area contributed by atoms with Gasteiger partial charge >= 0.3 is 0 Å². The molecule has 1 N–H and O–H groups in total. The molecule has 0 heterocycles. The Hall–Kier alpha value is -1.22. The van der Waals surface area contributed by atoms with E-state index in [2.05, 4.69) is 5.32 Å². The van der Waals surface area contributed by atoms with Gasteiger partial charge in [-0.2, -0.15) is 0 Å². The number of carbonyl (C=O) groups excluding carboxylic acids is 1. The van der Waals surface area contributed by atoms with Gasteiger partial charge in [0.2, 0.25) is 0 Å². The first-order valence-electron chi connectivity index (χ1n) is 5.69. The van der Waals surface area contributed by atoms with Crippen LogP contribution >= 0.6 is 11.6 Å². The molecule has 1 amide bonds. The fourth-order valence-corrected chi connectivity index (χ4v) is 1.35. The number of rotatable bonds is 5. The lowest BCUT2D eigenvalue weighted by atomic mass is 10.2. The van der Waals surface area contributed by atoms with E-state index < -0.39 is 6.10 Å². The third-order valence-corrected chi connectivity index (χ3v) is 2.43. The zero-order valence-electron chi connectivity index (χ0n) is 10.4. The van der Waals surface area contributed by atoms with Crippen molar-refractivity contribution in [1.29, 1.82) is 0 Å². The van der Waals surface area contributed by atoms with E-state index in [9.17, 15) is 4.79 Å². The zero-order valence-corrected chi connectivity index (χ0v) is 11.1. The van der Waals surface area contributed by atoms with Gasteiger partial charge in [0, 0.05) is 11.6 Å². The molecule has 94 valence electrons. The number of benzene rings is 1. The van der Waals surface area contributed by atoms with Crippen molar-refractivity contribution in [3.8, 4) is 5.75 Å². The first-order chi connectivity index (χ1) is 7.99. The van der Waals surface area contributed by atoms with Crippen LogP contribution in [0.1, 0.15) is 20.8 Å². The Balaban J connectivity index is 2.45. The second-order valence-electron chi connectivity index (χ2n) is 4.35. The van der Waals surface area contributed by atoms with Crippen LogP contribution in [0.4, 0.5) is 0 Å². The molecular weight excluding hydrogens is 238 g/mol. The van der Waals surface area contributed by atoms with Crippen LogP contribution in [0.3, 0.4) is 0 Å². The number of nitrogens with one attached hydrogen (secondary N) is 1. The maximum atomic E-state index is 11.7. The highest BCUT2D eigenvalue weighted by atomic mass is 35.5. The average molecular weight is 256 g/mol. The normalized spacial score (nSPS) is 12.3. The second-order valence-corrected chi connectivity index (χ2v) is 4.79. The molecule has 1 aromatic rings. The molecule has 0 aliphatic heterocycles. The van der Waals surface area contributed by atoms with Crippen LogP contribution in [0.5, 0.6) is 5.75 Å². The standard InChI is InChI=1S/C13H18ClNO2/c1-9(2)8-15-13(16)10(3)17-12-6-4-11(14)5-7-12/h4-7,9-10H,8H2,1-3H3,(H,15,16)/t10-/m0/s1. The molecule has 0 saturated heterocycles. The fraction of sp³-hybridized carbons (Fsp3) is 0.462. The Morgan fingerprint density at radius 2 is 1.88 bits per heavy atom. The molecule has 0 unspecified atom stereocenters. The average Bonchev–Trinajstić information content (AvgIpc) is 2.28. The molecule has 3 nitrogen and oxygen atoms in total. The first kappa shape index (κ1) is 13.8. The van der Waals surface area contributed by atoms with Crippen molar-refractivity contribution in [1.82, 2.24) is 5.32 Å². The minimum atomic E-state index is -0.505. The molecule has 17 heavy (non-hydrogen) atoms. The molecule has 0 aliphatic carbocycles. The van der Waals surface area contributed by atoms with Crippen LogP contribution in [-0.4, -0.2) is 18.6 Å². The topological polar surface area (TPSA) is 38.3 Å². The highest BCUT2D eigenvalue weighted by Crippen LogP contribution is 2.16. The van der Waals surface area contributed by atoms with E-state index in [1.54, 1.807) is 31.2 Å². The lowest BCUT2D eigenvalue weighted by Gasteiger charge is -2.15. The number of amides is 1. The largest absolute Gasteiger partial charge is 0.481 e. The van der Waals surface area contributed by atoms with Gasteiger partial charge in [-0.15, -0.1) is 0 Å². The summed E-state index contributed by atoms with van der Waals surface area (Å²) in [5.74, 6) is 0.969. The van der Waals surface area contributed by atoms with Gasteiger partial charge in [-0.05, 0) is 37.1 Å². The van der Waals surface area contributed by atoms with Crippen LogP contribution in [0.25, 0.3) is 0 Å². The van der Waals surface area contributed by atoms with E-state index in [-0.39, 0.29) is 5.91 Å². The summed E-state index contributed by atoms with van der Waals surface area (Å²) in [5.41, 5.74) is 0. The fourth-order valence-electron chi connectivity index (χ4n) is 1.22. The van der Waals surface area contributed by atoms with Gasteiger partial charge in [-0.3, -0.25) is 4.79 Å². The van der Waals surface area contributed by atoms with Crippen molar-refractivity contribution in [2.75, 3.05) is 6.54 Å². The van der Waals surface area contributed by atoms with Gasteiger partial charge in [-0.25, -0.2) is 0 Å². The summed E-state index contributed by atoms with van der Waals surface area (Å²) in [6.45, 7) is 6.48. The quantitative estimate of drug-likeness (QED) is 0.879. The molecule has 4 heteroatoms. The van der Waals surface area contributed by atoms with Crippen molar-refractivity contribution >= 4 is 17.5 Å². The van der Waals surface area contributed by atoms with Crippen LogP contribution in [0.15, 0.2) is 24.3 Å². The molecule has 1 rings (SSSR count). The molecule has 0 spiro atoms. The van der Waals surface area contributed by atoms with E-state index in [1.807, 2.05) is 13.8 Å². The summed E-state index contributed by atoms with van der Waals surface area (Å²) in [7, 11) is 0. The Labute approximate surface area is 107 Å². The molecule has 0 saturated carbocycles. The van der Waals surface area contributed by atoms with E-state index in [0.717, 1.165) is 0 Å². The summed E-state index contributed by atoms with van der Waals surface area (Å²) < 4.78 is 5.49. The van der Waals surface area contributed by atoms with Crippen molar-refractivity contribution in [2.45, 2.75) is 26.9 Å². The molecule has 0 aliphatic rings. The van der Waals surface area contributed by atoms with Crippen LogP contribution in [0, 0.1) is 5.92 Å². The highest BCUT2D eigenvalue weighted by Gasteiger charge is 2.14. The van der Waals surface area contributed by atoms with Crippen molar-refractivity contribution < 1.29 is 9.53 Å². The third kappa shape index (κ3) is 5.09. The number of carbonyl (C=O) groups is 1. The van der Waals surface area contributed by atoms with Crippen molar-refractivity contribution in [3.63, 3.8) is 0 Å².